The van der Waals surface area contributed by atoms with Crippen LogP contribution in [0.2, 0.25) is 0 Å². The molecule has 0 spiro atoms. The predicted molar refractivity (Wildman–Crippen MR) is 142 cm³/mol. The molecule has 0 aliphatic rings. The maximum Gasteiger partial charge on any atom is 0.335 e. The van der Waals surface area contributed by atoms with Gasteiger partial charge in [0, 0.05) is 31.3 Å². The van der Waals surface area contributed by atoms with E-state index in [4.69, 9.17) is 13.7 Å². The van der Waals surface area contributed by atoms with Crippen LogP contribution in [-0.4, -0.2) is 53.4 Å². The number of hydrogen-bond donors (Lipinski definition) is 0. The van der Waals surface area contributed by atoms with Crippen molar-refractivity contribution in [3.8, 4) is 5.75 Å². The van der Waals surface area contributed by atoms with E-state index in [9.17, 15) is 18.0 Å². The largest absolute Gasteiger partial charge is 0.467 e. The number of carbonyl (C=O) groups excluding carboxylic acids is 2. The normalized spacial score (nSPS) is 12.2. The van der Waals surface area contributed by atoms with Crippen LogP contribution in [0.3, 0.4) is 0 Å². The average molecular weight is 524 g/mol. The Labute approximate surface area is 217 Å². The number of esters is 1. The van der Waals surface area contributed by atoms with E-state index in [1.165, 1.54) is 14.2 Å². The van der Waals surface area contributed by atoms with Gasteiger partial charge in [0.15, 0.2) is 6.10 Å². The summed E-state index contributed by atoms with van der Waals surface area (Å²) in [6.45, 7) is 0.289. The molecule has 0 fully saturated rings. The highest BCUT2D eigenvalue weighted by Gasteiger charge is 2.20. The Balaban J connectivity index is 1.79. The molecule has 0 unspecified atom stereocenters. The van der Waals surface area contributed by atoms with Crippen molar-refractivity contribution >= 4 is 33.8 Å². The Kier molecular flexibility index (Phi) is 9.59. The lowest BCUT2D eigenvalue weighted by Crippen LogP contribution is -2.31. The van der Waals surface area contributed by atoms with Crippen molar-refractivity contribution in [3.05, 3.63) is 102 Å². The van der Waals surface area contributed by atoms with Crippen LogP contribution in [0.15, 0.2) is 84.9 Å². The molecular weight excluding hydrogens is 494 g/mol. The fourth-order valence-electron chi connectivity index (χ4n) is 3.57. The lowest BCUT2D eigenvalue weighted by Gasteiger charge is -2.22. The van der Waals surface area contributed by atoms with E-state index in [0.29, 0.717) is 17.7 Å². The van der Waals surface area contributed by atoms with E-state index in [1.807, 2.05) is 54.6 Å². The summed E-state index contributed by atoms with van der Waals surface area (Å²) in [6, 6.07) is 22.9. The Morgan fingerprint density at radius 3 is 2.14 bits per heavy atom. The first kappa shape index (κ1) is 27.6. The maximum absolute atomic E-state index is 13.3. The van der Waals surface area contributed by atoms with Crippen molar-refractivity contribution in [2.45, 2.75) is 12.5 Å². The molecule has 9 heteroatoms. The minimum atomic E-state index is -3.59. The minimum Gasteiger partial charge on any atom is -0.467 e. The number of hydrogen-bond acceptors (Lipinski definition) is 7. The van der Waals surface area contributed by atoms with Crippen molar-refractivity contribution in [2.24, 2.45) is 0 Å². The zero-order valence-electron chi connectivity index (χ0n) is 20.9. The molecule has 0 aromatic heterocycles. The van der Waals surface area contributed by atoms with E-state index in [1.54, 1.807) is 41.3 Å². The molecule has 1 amide bonds. The molecule has 0 radical (unpaired) electrons. The topological polar surface area (TPSA) is 99.2 Å². The molecule has 37 heavy (non-hydrogen) atoms. The number of anilines is 1. The van der Waals surface area contributed by atoms with Crippen LogP contribution in [0.4, 0.5) is 5.69 Å². The molecule has 0 bridgehead atoms. The Bertz CT molecular complexity index is 1320. The molecule has 3 aromatic rings. The number of methoxy groups -OCH3 is 2. The highest BCUT2D eigenvalue weighted by molar-refractivity contribution is 7.86. The number of carbonyl (C=O) groups is 2. The molecule has 194 valence electrons. The molecule has 0 N–H and O–H groups in total. The van der Waals surface area contributed by atoms with E-state index in [-0.39, 0.29) is 18.2 Å². The summed E-state index contributed by atoms with van der Waals surface area (Å²) < 4.78 is 37.4. The van der Waals surface area contributed by atoms with Crippen molar-refractivity contribution in [3.63, 3.8) is 0 Å². The summed E-state index contributed by atoms with van der Waals surface area (Å²) in [4.78, 5) is 26.8. The van der Waals surface area contributed by atoms with Crippen LogP contribution in [-0.2, 0) is 30.8 Å². The summed E-state index contributed by atoms with van der Waals surface area (Å²) in [5.41, 5.74) is 2.91. The van der Waals surface area contributed by atoms with Crippen LogP contribution in [0.25, 0.3) is 6.08 Å². The first-order chi connectivity index (χ1) is 17.7. The highest BCUT2D eigenvalue weighted by atomic mass is 32.2. The molecule has 0 aliphatic heterocycles. The SMILES string of the molecule is COC(=O)[C@H](Cc1ccc(N(C/C=C/c2ccc(OS(C)(=O)=O)cc2)C(=O)c2ccccc2)cc1)OC. The number of nitrogens with zero attached hydrogens (tertiary/aromatic N) is 1. The molecule has 0 aliphatic carbocycles. The van der Waals surface area contributed by atoms with E-state index < -0.39 is 22.2 Å². The van der Waals surface area contributed by atoms with Gasteiger partial charge in [0.1, 0.15) is 5.75 Å². The van der Waals surface area contributed by atoms with Crippen LogP contribution in [0.1, 0.15) is 21.5 Å². The molecule has 0 heterocycles. The standard InChI is InChI=1S/C28H29NO7S/c1-34-26(28(31)35-2)20-22-11-15-24(16-12-22)29(27(30)23-9-5-4-6-10-23)19-7-8-21-13-17-25(18-14-21)36-37(3,32)33/h4-18,26H,19-20H2,1-3H3/b8-7+/t26-/m0/s1. The number of benzene rings is 3. The average Bonchev–Trinajstić information content (AvgIpc) is 2.90. The van der Waals surface area contributed by atoms with Crippen LogP contribution < -0.4 is 9.08 Å². The quantitative estimate of drug-likeness (QED) is 0.275. The summed E-state index contributed by atoms with van der Waals surface area (Å²) in [6.07, 6.45) is 4.30. The van der Waals surface area contributed by atoms with Gasteiger partial charge in [0.05, 0.1) is 13.4 Å². The second-order valence-corrected chi connectivity index (χ2v) is 9.73. The zero-order chi connectivity index (χ0) is 26.8. The lowest BCUT2D eigenvalue weighted by atomic mass is 10.1. The van der Waals surface area contributed by atoms with Gasteiger partial charge in [-0.2, -0.15) is 8.42 Å². The van der Waals surface area contributed by atoms with Gasteiger partial charge >= 0.3 is 16.1 Å². The summed E-state index contributed by atoms with van der Waals surface area (Å²) in [5.74, 6) is -0.392. The monoisotopic (exact) mass is 523 g/mol. The van der Waals surface area contributed by atoms with Gasteiger partial charge in [0.25, 0.3) is 5.91 Å². The summed E-state index contributed by atoms with van der Waals surface area (Å²) >= 11 is 0. The third-order valence-corrected chi connectivity index (χ3v) is 5.90. The van der Waals surface area contributed by atoms with Crippen molar-refractivity contribution < 1.29 is 31.7 Å². The second kappa shape index (κ2) is 12.8. The molecule has 1 atom stereocenters. The lowest BCUT2D eigenvalue weighted by molar-refractivity contribution is -0.152. The van der Waals surface area contributed by atoms with E-state index >= 15 is 0 Å². The van der Waals surface area contributed by atoms with Gasteiger partial charge in [-0.15, -0.1) is 0 Å². The first-order valence-corrected chi connectivity index (χ1v) is 13.2. The van der Waals surface area contributed by atoms with Gasteiger partial charge in [-0.25, -0.2) is 4.79 Å². The second-order valence-electron chi connectivity index (χ2n) is 8.16. The number of ether oxygens (including phenoxy) is 2. The van der Waals surface area contributed by atoms with E-state index in [2.05, 4.69) is 0 Å². The van der Waals surface area contributed by atoms with Gasteiger partial charge < -0.3 is 18.6 Å². The van der Waals surface area contributed by atoms with E-state index in [0.717, 1.165) is 17.4 Å². The maximum atomic E-state index is 13.3. The number of amides is 1. The third kappa shape index (κ3) is 8.30. The minimum absolute atomic E-state index is 0.167. The molecule has 3 aromatic carbocycles. The molecule has 8 nitrogen and oxygen atoms in total. The predicted octanol–water partition coefficient (Wildman–Crippen LogP) is 4.12. The fraction of sp³-hybridized carbons (Fsp3) is 0.214. The van der Waals surface area contributed by atoms with Crippen LogP contribution in [0, 0.1) is 0 Å². The van der Waals surface area contributed by atoms with Crippen molar-refractivity contribution in [2.75, 3.05) is 31.9 Å². The third-order valence-electron chi connectivity index (χ3n) is 5.41. The van der Waals surface area contributed by atoms with Crippen molar-refractivity contribution in [1.82, 2.24) is 0 Å². The molecular formula is C28H29NO7S. The van der Waals surface area contributed by atoms with Gasteiger partial charge in [-0.1, -0.05) is 54.6 Å². The van der Waals surface area contributed by atoms with Gasteiger partial charge in [-0.05, 0) is 47.5 Å². The Morgan fingerprint density at radius 2 is 1.57 bits per heavy atom. The summed E-state index contributed by atoms with van der Waals surface area (Å²) in [7, 11) is -0.826. The van der Waals surface area contributed by atoms with Gasteiger partial charge in [0.2, 0.25) is 0 Å². The fourth-order valence-corrected chi connectivity index (χ4v) is 4.03. The Morgan fingerprint density at radius 1 is 0.919 bits per heavy atom. The number of rotatable bonds is 11. The molecule has 3 rings (SSSR count). The van der Waals surface area contributed by atoms with Crippen molar-refractivity contribution in [1.29, 1.82) is 0 Å². The van der Waals surface area contributed by atoms with Gasteiger partial charge in [-0.3, -0.25) is 4.79 Å². The summed E-state index contributed by atoms with van der Waals surface area (Å²) in [5, 5.41) is 0. The Hall–Kier alpha value is -3.95. The molecule has 0 saturated heterocycles. The zero-order valence-corrected chi connectivity index (χ0v) is 21.7. The van der Waals surface area contributed by atoms with Crippen LogP contribution >= 0.6 is 0 Å². The molecule has 0 saturated carbocycles. The first-order valence-electron chi connectivity index (χ1n) is 11.4. The smallest absolute Gasteiger partial charge is 0.335 e. The highest BCUT2D eigenvalue weighted by Crippen LogP contribution is 2.21. The van der Waals surface area contributed by atoms with Crippen LogP contribution in [0.5, 0.6) is 5.75 Å².